The van der Waals surface area contributed by atoms with Crippen molar-refractivity contribution >= 4 is 10.8 Å². The lowest BCUT2D eigenvalue weighted by molar-refractivity contribution is 0.344. The second-order valence-electron chi connectivity index (χ2n) is 5.54. The van der Waals surface area contributed by atoms with Gasteiger partial charge in [-0.2, -0.15) is 0 Å². The van der Waals surface area contributed by atoms with Crippen LogP contribution in [0.25, 0.3) is 21.9 Å². The summed E-state index contributed by atoms with van der Waals surface area (Å²) in [7, 11) is 0. The van der Waals surface area contributed by atoms with Crippen LogP contribution < -0.4 is 9.47 Å². The molecule has 0 fully saturated rings. The molecule has 0 N–H and O–H groups in total. The van der Waals surface area contributed by atoms with Crippen molar-refractivity contribution in [1.82, 2.24) is 0 Å². The molecule has 0 saturated heterocycles. The fourth-order valence-corrected chi connectivity index (χ4v) is 2.61. The number of rotatable bonds is 7. The summed E-state index contributed by atoms with van der Waals surface area (Å²) in [5.41, 5.74) is 2.06. The van der Waals surface area contributed by atoms with Gasteiger partial charge in [0.25, 0.3) is 0 Å². The molecule has 3 heteroatoms. The van der Waals surface area contributed by atoms with Crippen LogP contribution in [0, 0.1) is 5.82 Å². The van der Waals surface area contributed by atoms with E-state index in [0.29, 0.717) is 12.0 Å². The normalized spacial score (nSPS) is 10.4. The lowest BCUT2D eigenvalue weighted by Crippen LogP contribution is -1.96. The third-order valence-electron chi connectivity index (χ3n) is 3.83. The predicted molar refractivity (Wildman–Crippen MR) is 101 cm³/mol. The van der Waals surface area contributed by atoms with Gasteiger partial charge in [0, 0.05) is 5.39 Å². The molecule has 25 heavy (non-hydrogen) atoms. The van der Waals surface area contributed by atoms with Gasteiger partial charge in [-0.1, -0.05) is 55.6 Å². The van der Waals surface area contributed by atoms with Crippen molar-refractivity contribution in [3.8, 4) is 22.6 Å². The Balaban J connectivity index is 1.90. The Labute approximate surface area is 146 Å². The summed E-state index contributed by atoms with van der Waals surface area (Å²) >= 11 is 0. The van der Waals surface area contributed by atoms with Crippen LogP contribution in [0.5, 0.6) is 11.5 Å². The molecule has 0 aliphatic heterocycles. The van der Waals surface area contributed by atoms with Crippen molar-refractivity contribution in [3.05, 3.63) is 85.7 Å². The van der Waals surface area contributed by atoms with E-state index in [1.165, 1.54) is 0 Å². The highest BCUT2D eigenvalue weighted by Crippen LogP contribution is 2.31. The fourth-order valence-electron chi connectivity index (χ4n) is 2.61. The number of halogens is 1. The van der Waals surface area contributed by atoms with Gasteiger partial charge >= 0.3 is 0 Å². The van der Waals surface area contributed by atoms with Crippen molar-refractivity contribution < 1.29 is 13.9 Å². The summed E-state index contributed by atoms with van der Waals surface area (Å²) in [4.78, 5) is 0. The standard InChI is InChI=1S/C22H19FO2/c1-3-13-24-19-9-5-16(6-10-19)17-7-11-20-18(15-17)8-12-21(22(20)23)25-14-4-2/h3-12,15H,1-2,13-14H2. The highest BCUT2D eigenvalue weighted by molar-refractivity contribution is 5.89. The topological polar surface area (TPSA) is 18.5 Å². The molecular weight excluding hydrogens is 315 g/mol. The van der Waals surface area contributed by atoms with E-state index in [2.05, 4.69) is 13.2 Å². The van der Waals surface area contributed by atoms with Crippen LogP contribution in [0.2, 0.25) is 0 Å². The minimum atomic E-state index is -0.348. The first-order valence-corrected chi connectivity index (χ1v) is 8.03. The molecule has 0 saturated carbocycles. The quantitative estimate of drug-likeness (QED) is 0.510. The average Bonchev–Trinajstić information content (AvgIpc) is 2.66. The Morgan fingerprint density at radius 3 is 2.20 bits per heavy atom. The van der Waals surface area contributed by atoms with E-state index in [1.807, 2.05) is 42.5 Å². The predicted octanol–water partition coefficient (Wildman–Crippen LogP) is 5.78. The Hall–Kier alpha value is -3.07. The van der Waals surface area contributed by atoms with Crippen molar-refractivity contribution in [1.29, 1.82) is 0 Å². The SMILES string of the molecule is C=CCOc1ccc(-c2ccc3c(F)c(OCC=C)ccc3c2)cc1. The molecule has 0 aliphatic carbocycles. The number of ether oxygens (including phenoxy) is 2. The van der Waals surface area contributed by atoms with E-state index < -0.39 is 0 Å². The largest absolute Gasteiger partial charge is 0.490 e. The fraction of sp³-hybridized carbons (Fsp3) is 0.0909. The Bertz CT molecular complexity index is 898. The van der Waals surface area contributed by atoms with Crippen molar-refractivity contribution in [2.24, 2.45) is 0 Å². The zero-order chi connectivity index (χ0) is 17.6. The molecule has 3 rings (SSSR count). The summed E-state index contributed by atoms with van der Waals surface area (Å²) < 4.78 is 25.3. The third kappa shape index (κ3) is 3.72. The first-order chi connectivity index (χ1) is 12.2. The summed E-state index contributed by atoms with van der Waals surface area (Å²) in [5, 5.41) is 1.36. The summed E-state index contributed by atoms with van der Waals surface area (Å²) in [5.74, 6) is 0.683. The van der Waals surface area contributed by atoms with Gasteiger partial charge in [0.15, 0.2) is 11.6 Å². The maximum atomic E-state index is 14.5. The van der Waals surface area contributed by atoms with Gasteiger partial charge in [-0.25, -0.2) is 4.39 Å². The van der Waals surface area contributed by atoms with Crippen LogP contribution >= 0.6 is 0 Å². The van der Waals surface area contributed by atoms with Gasteiger partial charge in [-0.15, -0.1) is 0 Å². The molecule has 0 unspecified atom stereocenters. The lowest BCUT2D eigenvalue weighted by Gasteiger charge is -2.10. The van der Waals surface area contributed by atoms with Crippen molar-refractivity contribution in [2.45, 2.75) is 0 Å². The Kier molecular flexibility index (Phi) is 5.14. The van der Waals surface area contributed by atoms with Crippen LogP contribution in [0.4, 0.5) is 4.39 Å². The summed E-state index contributed by atoms with van der Waals surface area (Å²) in [6.07, 6.45) is 3.30. The monoisotopic (exact) mass is 334 g/mol. The molecule has 126 valence electrons. The van der Waals surface area contributed by atoms with Gasteiger partial charge in [0.1, 0.15) is 19.0 Å². The van der Waals surface area contributed by atoms with Gasteiger partial charge < -0.3 is 9.47 Å². The number of hydrogen-bond acceptors (Lipinski definition) is 2. The van der Waals surface area contributed by atoms with Crippen LogP contribution in [-0.4, -0.2) is 13.2 Å². The van der Waals surface area contributed by atoms with E-state index >= 15 is 0 Å². The first-order valence-electron chi connectivity index (χ1n) is 8.03. The lowest BCUT2D eigenvalue weighted by atomic mass is 10.0. The minimum Gasteiger partial charge on any atom is -0.490 e. The molecule has 0 aromatic heterocycles. The Morgan fingerprint density at radius 1 is 0.800 bits per heavy atom. The van der Waals surface area contributed by atoms with E-state index in [9.17, 15) is 4.39 Å². The molecule has 2 nitrogen and oxygen atoms in total. The second-order valence-corrected chi connectivity index (χ2v) is 5.54. The minimum absolute atomic E-state index is 0.240. The van der Waals surface area contributed by atoms with Crippen molar-refractivity contribution in [3.63, 3.8) is 0 Å². The molecule has 0 aliphatic rings. The van der Waals surface area contributed by atoms with E-state index in [0.717, 1.165) is 22.3 Å². The smallest absolute Gasteiger partial charge is 0.172 e. The molecule has 0 atom stereocenters. The maximum Gasteiger partial charge on any atom is 0.172 e. The Morgan fingerprint density at radius 2 is 1.48 bits per heavy atom. The molecule has 0 bridgehead atoms. The maximum absolute atomic E-state index is 14.5. The first kappa shape index (κ1) is 16.8. The van der Waals surface area contributed by atoms with Crippen LogP contribution in [-0.2, 0) is 0 Å². The van der Waals surface area contributed by atoms with Gasteiger partial charge in [0.05, 0.1) is 0 Å². The zero-order valence-electron chi connectivity index (χ0n) is 13.9. The number of hydrogen-bond donors (Lipinski definition) is 0. The molecule has 0 amide bonds. The van der Waals surface area contributed by atoms with Crippen molar-refractivity contribution in [2.75, 3.05) is 13.2 Å². The van der Waals surface area contributed by atoms with Gasteiger partial charge in [-0.05, 0) is 40.8 Å². The third-order valence-corrected chi connectivity index (χ3v) is 3.83. The molecule has 0 spiro atoms. The molecular formula is C22H19FO2. The van der Waals surface area contributed by atoms with Gasteiger partial charge in [-0.3, -0.25) is 0 Å². The number of fused-ring (bicyclic) bond motifs is 1. The van der Waals surface area contributed by atoms with Crippen LogP contribution in [0.15, 0.2) is 79.9 Å². The van der Waals surface area contributed by atoms with Crippen LogP contribution in [0.1, 0.15) is 0 Å². The summed E-state index contributed by atoms with van der Waals surface area (Å²) in [6.45, 7) is 7.96. The molecule has 0 heterocycles. The highest BCUT2D eigenvalue weighted by atomic mass is 19.1. The second kappa shape index (κ2) is 7.67. The van der Waals surface area contributed by atoms with Crippen LogP contribution in [0.3, 0.4) is 0 Å². The van der Waals surface area contributed by atoms with E-state index in [4.69, 9.17) is 9.47 Å². The average molecular weight is 334 g/mol. The zero-order valence-corrected chi connectivity index (χ0v) is 13.9. The number of benzene rings is 3. The summed E-state index contributed by atoms with van der Waals surface area (Å²) in [6, 6.07) is 17.0. The molecule has 3 aromatic rings. The van der Waals surface area contributed by atoms with E-state index in [-0.39, 0.29) is 18.2 Å². The molecule has 0 radical (unpaired) electrons. The van der Waals surface area contributed by atoms with E-state index in [1.54, 1.807) is 24.3 Å². The molecule has 3 aromatic carbocycles. The van der Waals surface area contributed by atoms with Gasteiger partial charge in [0.2, 0.25) is 0 Å². The highest BCUT2D eigenvalue weighted by Gasteiger charge is 2.09.